The number of aromatic nitrogens is 1. The van der Waals surface area contributed by atoms with Crippen LogP contribution in [0.25, 0.3) is 0 Å². The van der Waals surface area contributed by atoms with Gasteiger partial charge in [-0.15, -0.1) is 4.83 Å². The number of methoxy groups -OCH3 is 1. The Bertz CT molecular complexity index is 847. The first kappa shape index (κ1) is 17.2. The number of sulfonamides is 1. The molecule has 0 saturated heterocycles. The smallest absolute Gasteiger partial charge is 0.339 e. The molecular weight excluding hydrogens is 390 g/mol. The van der Waals surface area contributed by atoms with Gasteiger partial charge in [-0.3, -0.25) is 10.2 Å². The van der Waals surface area contributed by atoms with Crippen molar-refractivity contribution in [2.24, 2.45) is 0 Å². The van der Waals surface area contributed by atoms with Crippen molar-refractivity contribution in [3.8, 4) is 0 Å². The van der Waals surface area contributed by atoms with Gasteiger partial charge in [0.2, 0.25) is 0 Å². The van der Waals surface area contributed by atoms with E-state index in [4.69, 9.17) is 0 Å². The van der Waals surface area contributed by atoms with Crippen LogP contribution in [0.3, 0.4) is 0 Å². The van der Waals surface area contributed by atoms with Crippen LogP contribution in [0.4, 0.5) is 0 Å². The quantitative estimate of drug-likeness (QED) is 0.513. The summed E-state index contributed by atoms with van der Waals surface area (Å²) in [4.78, 5) is 27.7. The van der Waals surface area contributed by atoms with Crippen LogP contribution in [0.1, 0.15) is 20.8 Å². The summed E-state index contributed by atoms with van der Waals surface area (Å²) < 4.78 is 29.7. The zero-order chi connectivity index (χ0) is 17.0. The fourth-order valence-corrected chi connectivity index (χ4v) is 3.09. The summed E-state index contributed by atoms with van der Waals surface area (Å²) in [6.45, 7) is 0. The largest absolute Gasteiger partial charge is 0.465 e. The van der Waals surface area contributed by atoms with Crippen LogP contribution in [-0.2, 0) is 14.8 Å². The minimum Gasteiger partial charge on any atom is -0.465 e. The second-order valence-electron chi connectivity index (χ2n) is 4.28. The Hall–Kier alpha value is -2.17. The zero-order valence-corrected chi connectivity index (χ0v) is 14.2. The molecular formula is C13H12BrN3O5S. The molecule has 2 rings (SSSR count). The molecule has 0 saturated carbocycles. The third-order valence-corrected chi connectivity index (χ3v) is 4.54. The Balaban J connectivity index is 2.20. The Kier molecular flexibility index (Phi) is 5.19. The molecule has 0 spiro atoms. The normalized spacial score (nSPS) is 11.0. The molecule has 3 N–H and O–H groups in total. The lowest BCUT2D eigenvalue weighted by molar-refractivity contribution is 0.0596. The predicted octanol–water partition coefficient (Wildman–Crippen LogP) is 1.19. The second-order valence-corrected chi connectivity index (χ2v) is 6.85. The fourth-order valence-electron chi connectivity index (χ4n) is 1.71. The van der Waals surface area contributed by atoms with Gasteiger partial charge in [-0.1, -0.05) is 12.1 Å². The highest BCUT2D eigenvalue weighted by Crippen LogP contribution is 2.16. The molecule has 0 aliphatic carbocycles. The van der Waals surface area contributed by atoms with Crippen molar-refractivity contribution in [3.05, 3.63) is 52.3 Å². The van der Waals surface area contributed by atoms with Gasteiger partial charge in [0.15, 0.2) is 0 Å². The number of nitrogens with one attached hydrogen (secondary N) is 3. The predicted molar refractivity (Wildman–Crippen MR) is 84.1 cm³/mol. The average molecular weight is 402 g/mol. The van der Waals surface area contributed by atoms with Crippen LogP contribution < -0.4 is 10.3 Å². The summed E-state index contributed by atoms with van der Waals surface area (Å²) in [6.07, 6.45) is 1.52. The van der Waals surface area contributed by atoms with Gasteiger partial charge in [0, 0.05) is 10.7 Å². The van der Waals surface area contributed by atoms with E-state index in [1.54, 1.807) is 0 Å². The lowest BCUT2D eigenvalue weighted by Gasteiger charge is -2.10. The second kappa shape index (κ2) is 6.94. The molecule has 0 unspecified atom stereocenters. The number of aromatic amines is 1. The first-order valence-corrected chi connectivity index (χ1v) is 8.46. The van der Waals surface area contributed by atoms with E-state index in [1.807, 2.05) is 4.83 Å². The molecule has 1 aromatic carbocycles. The number of hydrogen-bond donors (Lipinski definition) is 3. The van der Waals surface area contributed by atoms with Crippen LogP contribution in [0.5, 0.6) is 0 Å². The van der Waals surface area contributed by atoms with Gasteiger partial charge in [0.25, 0.3) is 15.9 Å². The van der Waals surface area contributed by atoms with E-state index >= 15 is 0 Å². The molecule has 0 aliphatic rings. The van der Waals surface area contributed by atoms with Crippen molar-refractivity contribution in [3.63, 3.8) is 0 Å². The first-order valence-electron chi connectivity index (χ1n) is 6.18. The summed E-state index contributed by atoms with van der Waals surface area (Å²) in [6, 6.07) is 6.97. The van der Waals surface area contributed by atoms with E-state index in [2.05, 4.69) is 31.1 Å². The highest BCUT2D eigenvalue weighted by Gasteiger charge is 2.23. The lowest BCUT2D eigenvalue weighted by Crippen LogP contribution is -2.42. The number of hydrazine groups is 1. The highest BCUT2D eigenvalue weighted by atomic mass is 79.9. The molecule has 0 aliphatic heterocycles. The van der Waals surface area contributed by atoms with Gasteiger partial charge < -0.3 is 9.72 Å². The van der Waals surface area contributed by atoms with E-state index in [-0.39, 0.29) is 16.2 Å². The van der Waals surface area contributed by atoms with E-state index < -0.39 is 21.9 Å². The highest BCUT2D eigenvalue weighted by molar-refractivity contribution is 9.10. The third-order valence-electron chi connectivity index (χ3n) is 2.77. The van der Waals surface area contributed by atoms with Gasteiger partial charge >= 0.3 is 5.97 Å². The minimum atomic E-state index is -4.15. The van der Waals surface area contributed by atoms with Crippen LogP contribution >= 0.6 is 15.9 Å². The lowest BCUT2D eigenvalue weighted by atomic mass is 10.2. The number of ether oxygens (including phenoxy) is 1. The van der Waals surface area contributed by atoms with Crippen molar-refractivity contribution >= 4 is 37.8 Å². The summed E-state index contributed by atoms with van der Waals surface area (Å²) in [5.74, 6) is -1.49. The Morgan fingerprint density at radius 1 is 1.26 bits per heavy atom. The SMILES string of the molecule is COC(=O)c1ccccc1S(=O)(=O)NNC(=O)c1cc(Br)c[nH]1. The van der Waals surface area contributed by atoms with Crippen molar-refractivity contribution in [2.45, 2.75) is 4.90 Å². The molecule has 8 nitrogen and oxygen atoms in total. The molecule has 0 fully saturated rings. The van der Waals surface area contributed by atoms with E-state index in [0.29, 0.717) is 4.47 Å². The summed E-state index contributed by atoms with van der Waals surface area (Å²) in [5.41, 5.74) is 2.07. The van der Waals surface area contributed by atoms with Crippen LogP contribution in [-0.4, -0.2) is 32.4 Å². The van der Waals surface area contributed by atoms with Crippen molar-refractivity contribution in [1.29, 1.82) is 0 Å². The van der Waals surface area contributed by atoms with Gasteiger partial charge in [-0.05, 0) is 34.1 Å². The zero-order valence-electron chi connectivity index (χ0n) is 11.8. The fraction of sp³-hybridized carbons (Fsp3) is 0.0769. The molecule has 0 bridgehead atoms. The van der Waals surface area contributed by atoms with Crippen LogP contribution in [0, 0.1) is 0 Å². The molecule has 1 heterocycles. The molecule has 1 amide bonds. The molecule has 2 aromatic rings. The number of carbonyl (C=O) groups is 2. The first-order chi connectivity index (χ1) is 10.8. The number of rotatable bonds is 5. The number of carbonyl (C=O) groups excluding carboxylic acids is 2. The van der Waals surface area contributed by atoms with Gasteiger partial charge in [-0.2, -0.15) is 0 Å². The average Bonchev–Trinajstić information content (AvgIpc) is 2.98. The van der Waals surface area contributed by atoms with Gasteiger partial charge in [-0.25, -0.2) is 13.2 Å². The van der Waals surface area contributed by atoms with E-state index in [0.717, 1.165) is 7.11 Å². The number of benzene rings is 1. The maximum Gasteiger partial charge on any atom is 0.339 e. The van der Waals surface area contributed by atoms with Crippen LogP contribution in [0.2, 0.25) is 0 Å². The van der Waals surface area contributed by atoms with Crippen molar-refractivity contribution in [2.75, 3.05) is 7.11 Å². The molecule has 10 heteroatoms. The molecule has 1 aromatic heterocycles. The van der Waals surface area contributed by atoms with E-state index in [9.17, 15) is 18.0 Å². The standard InChI is InChI=1S/C13H12BrN3O5S/c1-22-13(19)9-4-2-3-5-11(9)23(20,21)17-16-12(18)10-6-8(14)7-15-10/h2-7,15,17H,1H3,(H,16,18). The monoisotopic (exact) mass is 401 g/mol. The van der Waals surface area contributed by atoms with Gasteiger partial charge in [0.05, 0.1) is 17.6 Å². The molecule has 0 atom stereocenters. The number of esters is 1. The van der Waals surface area contributed by atoms with Gasteiger partial charge in [0.1, 0.15) is 5.69 Å². The third kappa shape index (κ3) is 3.97. The summed E-state index contributed by atoms with van der Waals surface area (Å²) in [5, 5.41) is 0. The Morgan fingerprint density at radius 2 is 1.96 bits per heavy atom. The Morgan fingerprint density at radius 3 is 2.57 bits per heavy atom. The summed E-state index contributed by atoms with van der Waals surface area (Å²) in [7, 11) is -3.01. The van der Waals surface area contributed by atoms with E-state index in [1.165, 1.54) is 36.5 Å². The number of halogens is 1. The molecule has 122 valence electrons. The summed E-state index contributed by atoms with van der Waals surface area (Å²) >= 11 is 3.16. The Labute approximate surface area is 140 Å². The maximum absolute atomic E-state index is 12.3. The van der Waals surface area contributed by atoms with Crippen molar-refractivity contribution in [1.82, 2.24) is 15.2 Å². The van der Waals surface area contributed by atoms with Crippen LogP contribution in [0.15, 0.2) is 45.9 Å². The number of hydrogen-bond acceptors (Lipinski definition) is 5. The minimum absolute atomic E-state index is 0.139. The maximum atomic E-state index is 12.3. The van der Waals surface area contributed by atoms with Crippen molar-refractivity contribution < 1.29 is 22.7 Å². The molecule has 0 radical (unpaired) electrons. The number of amides is 1. The number of H-pyrrole nitrogens is 1. The molecule has 23 heavy (non-hydrogen) atoms. The topological polar surface area (TPSA) is 117 Å².